The lowest BCUT2D eigenvalue weighted by molar-refractivity contribution is -0.137. The van der Waals surface area contributed by atoms with Crippen LogP contribution >= 0.6 is 0 Å². The summed E-state index contributed by atoms with van der Waals surface area (Å²) in [5.74, 6) is 0.721. The van der Waals surface area contributed by atoms with E-state index in [1.807, 2.05) is 7.05 Å². The molecule has 1 aromatic heterocycles. The fraction of sp³-hybridized carbons (Fsp3) is 0.286. The molecule has 0 spiro atoms. The van der Waals surface area contributed by atoms with Crippen molar-refractivity contribution in [3.63, 3.8) is 0 Å². The molecule has 0 amide bonds. The molecule has 0 aliphatic heterocycles. The fourth-order valence-electron chi connectivity index (χ4n) is 1.72. The second kappa shape index (κ2) is 6.00. The maximum Gasteiger partial charge on any atom is 0.416 e. The Kier molecular flexibility index (Phi) is 4.34. The van der Waals surface area contributed by atoms with Crippen molar-refractivity contribution in [2.24, 2.45) is 0 Å². The van der Waals surface area contributed by atoms with Gasteiger partial charge >= 0.3 is 6.18 Å². The van der Waals surface area contributed by atoms with Gasteiger partial charge in [-0.25, -0.2) is 0 Å². The molecule has 0 radical (unpaired) electrons. The van der Waals surface area contributed by atoms with Crippen molar-refractivity contribution in [2.75, 3.05) is 7.05 Å². The predicted molar refractivity (Wildman–Crippen MR) is 67.2 cm³/mol. The van der Waals surface area contributed by atoms with Crippen LogP contribution in [0.15, 0.2) is 41.0 Å². The van der Waals surface area contributed by atoms with Gasteiger partial charge in [-0.15, -0.1) is 0 Å². The number of benzene rings is 1. The Hall–Kier alpha value is -1.95. The van der Waals surface area contributed by atoms with Crippen molar-refractivity contribution in [3.8, 4) is 5.75 Å². The van der Waals surface area contributed by atoms with Crippen LogP contribution in [0.1, 0.15) is 16.9 Å². The smallest absolute Gasteiger partial charge is 0.416 e. The first kappa shape index (κ1) is 14.5. The van der Waals surface area contributed by atoms with Gasteiger partial charge in [0.15, 0.2) is 0 Å². The van der Waals surface area contributed by atoms with E-state index in [2.05, 4.69) is 5.32 Å². The molecule has 108 valence electrons. The van der Waals surface area contributed by atoms with Gasteiger partial charge in [-0.1, -0.05) is 6.07 Å². The number of halogens is 3. The molecule has 0 aliphatic carbocycles. The lowest BCUT2D eigenvalue weighted by Crippen LogP contribution is -2.05. The molecule has 6 heteroatoms. The minimum atomic E-state index is -4.37. The SMILES string of the molecule is CNCc1coc(COc2cccc(C(F)(F)F)c2)c1. The number of ether oxygens (including phenoxy) is 1. The van der Waals surface area contributed by atoms with Crippen LogP contribution in [0.3, 0.4) is 0 Å². The van der Waals surface area contributed by atoms with E-state index in [1.54, 1.807) is 12.3 Å². The molecular weight excluding hydrogens is 271 g/mol. The molecule has 1 aromatic carbocycles. The van der Waals surface area contributed by atoms with Crippen LogP contribution in [0.5, 0.6) is 5.75 Å². The molecule has 0 atom stereocenters. The molecule has 0 bridgehead atoms. The van der Waals surface area contributed by atoms with Gasteiger partial charge in [0.1, 0.15) is 18.1 Å². The number of alkyl halides is 3. The second-order valence-corrected chi connectivity index (χ2v) is 4.27. The Morgan fingerprint density at radius 1 is 1.25 bits per heavy atom. The molecule has 0 fully saturated rings. The van der Waals surface area contributed by atoms with Gasteiger partial charge in [0.05, 0.1) is 11.8 Å². The van der Waals surface area contributed by atoms with Crippen molar-refractivity contribution in [2.45, 2.75) is 19.3 Å². The van der Waals surface area contributed by atoms with Crippen LogP contribution in [-0.4, -0.2) is 7.05 Å². The highest BCUT2D eigenvalue weighted by Gasteiger charge is 2.30. The van der Waals surface area contributed by atoms with E-state index < -0.39 is 11.7 Å². The average Bonchev–Trinajstić information content (AvgIpc) is 2.84. The molecule has 2 rings (SSSR count). The van der Waals surface area contributed by atoms with Crippen LogP contribution in [0.25, 0.3) is 0 Å². The lowest BCUT2D eigenvalue weighted by atomic mass is 10.2. The molecule has 0 saturated heterocycles. The first-order valence-corrected chi connectivity index (χ1v) is 6.00. The normalized spacial score (nSPS) is 11.6. The van der Waals surface area contributed by atoms with Crippen molar-refractivity contribution in [1.82, 2.24) is 5.32 Å². The van der Waals surface area contributed by atoms with E-state index in [1.165, 1.54) is 12.1 Å². The van der Waals surface area contributed by atoms with Gasteiger partial charge in [0, 0.05) is 12.1 Å². The second-order valence-electron chi connectivity index (χ2n) is 4.27. The summed E-state index contributed by atoms with van der Waals surface area (Å²) in [5, 5.41) is 2.97. The van der Waals surface area contributed by atoms with E-state index in [4.69, 9.17) is 9.15 Å². The minimum Gasteiger partial charge on any atom is -0.486 e. The molecule has 0 aliphatic rings. The zero-order chi connectivity index (χ0) is 14.6. The lowest BCUT2D eigenvalue weighted by Gasteiger charge is -2.09. The summed E-state index contributed by atoms with van der Waals surface area (Å²) in [6, 6.07) is 6.56. The number of hydrogen-bond acceptors (Lipinski definition) is 3. The maximum atomic E-state index is 12.5. The Morgan fingerprint density at radius 3 is 2.75 bits per heavy atom. The van der Waals surface area contributed by atoms with Crippen molar-refractivity contribution >= 4 is 0 Å². The number of hydrogen-bond donors (Lipinski definition) is 1. The zero-order valence-corrected chi connectivity index (χ0v) is 10.8. The van der Waals surface area contributed by atoms with Crippen LogP contribution in [0.4, 0.5) is 13.2 Å². The van der Waals surface area contributed by atoms with Crippen molar-refractivity contribution < 1.29 is 22.3 Å². The molecule has 0 unspecified atom stereocenters. The topological polar surface area (TPSA) is 34.4 Å². The summed E-state index contributed by atoms with van der Waals surface area (Å²) in [5.41, 5.74) is 0.223. The Morgan fingerprint density at radius 2 is 2.05 bits per heavy atom. The highest BCUT2D eigenvalue weighted by atomic mass is 19.4. The molecule has 2 aromatic rings. The van der Waals surface area contributed by atoms with Crippen LogP contribution < -0.4 is 10.1 Å². The molecule has 20 heavy (non-hydrogen) atoms. The molecule has 1 N–H and O–H groups in total. The Balaban J connectivity index is 1.99. The maximum absolute atomic E-state index is 12.5. The van der Waals surface area contributed by atoms with Gasteiger partial charge in [-0.2, -0.15) is 13.2 Å². The Bertz CT molecular complexity index is 564. The summed E-state index contributed by atoms with van der Waals surface area (Å²) >= 11 is 0. The largest absolute Gasteiger partial charge is 0.486 e. The standard InChI is InChI=1S/C14H14F3NO2/c1-18-7-10-5-13(19-8-10)9-20-12-4-2-3-11(6-12)14(15,16)17/h2-6,8,18H,7,9H2,1H3. The Labute approximate surface area is 114 Å². The monoisotopic (exact) mass is 285 g/mol. The van der Waals surface area contributed by atoms with Gasteiger partial charge in [0.2, 0.25) is 0 Å². The predicted octanol–water partition coefficient (Wildman–Crippen LogP) is 3.60. The summed E-state index contributed by atoms with van der Waals surface area (Å²) in [6.45, 7) is 0.748. The molecule has 3 nitrogen and oxygen atoms in total. The van der Waals surface area contributed by atoms with Gasteiger partial charge < -0.3 is 14.5 Å². The molecule has 1 heterocycles. The first-order chi connectivity index (χ1) is 9.49. The number of rotatable bonds is 5. The van der Waals surface area contributed by atoms with Crippen LogP contribution in [-0.2, 0) is 19.3 Å². The van der Waals surface area contributed by atoms with E-state index in [0.29, 0.717) is 12.3 Å². The fourth-order valence-corrected chi connectivity index (χ4v) is 1.72. The summed E-state index contributed by atoms with van der Waals surface area (Å²) in [4.78, 5) is 0. The van der Waals surface area contributed by atoms with Gasteiger partial charge in [-0.05, 0) is 31.3 Å². The minimum absolute atomic E-state index is 0.0883. The first-order valence-electron chi connectivity index (χ1n) is 6.00. The van der Waals surface area contributed by atoms with E-state index in [0.717, 1.165) is 17.7 Å². The summed E-state index contributed by atoms with van der Waals surface area (Å²) in [7, 11) is 1.81. The average molecular weight is 285 g/mol. The van der Waals surface area contributed by atoms with Crippen molar-refractivity contribution in [1.29, 1.82) is 0 Å². The highest BCUT2D eigenvalue weighted by Crippen LogP contribution is 2.31. The molecule has 0 saturated carbocycles. The van der Waals surface area contributed by atoms with Crippen LogP contribution in [0, 0.1) is 0 Å². The third-order valence-electron chi connectivity index (χ3n) is 2.63. The van der Waals surface area contributed by atoms with Gasteiger partial charge in [-0.3, -0.25) is 0 Å². The quantitative estimate of drug-likeness (QED) is 0.911. The third kappa shape index (κ3) is 3.77. The third-order valence-corrected chi connectivity index (χ3v) is 2.63. The summed E-state index contributed by atoms with van der Waals surface area (Å²) < 4.78 is 48.2. The van der Waals surface area contributed by atoms with Crippen molar-refractivity contribution in [3.05, 3.63) is 53.5 Å². The summed E-state index contributed by atoms with van der Waals surface area (Å²) in [6.07, 6.45) is -2.79. The molecular formula is C14H14F3NO2. The van der Waals surface area contributed by atoms with E-state index in [9.17, 15) is 13.2 Å². The van der Waals surface area contributed by atoms with E-state index >= 15 is 0 Å². The zero-order valence-electron chi connectivity index (χ0n) is 10.8. The number of nitrogens with one attached hydrogen (secondary N) is 1. The van der Waals surface area contributed by atoms with Crippen LogP contribution in [0.2, 0.25) is 0 Å². The number of furan rings is 1. The highest BCUT2D eigenvalue weighted by molar-refractivity contribution is 5.30. The van der Waals surface area contributed by atoms with Gasteiger partial charge in [0.25, 0.3) is 0 Å². The van der Waals surface area contributed by atoms with E-state index in [-0.39, 0.29) is 12.4 Å².